The smallest absolute Gasteiger partial charge is 0.329 e. The number of urea groups is 1. The van der Waals surface area contributed by atoms with Gasteiger partial charge >= 0.3 is 12.0 Å². The quantitative estimate of drug-likeness (QED) is 0.778. The number of halogens is 2. The van der Waals surface area contributed by atoms with E-state index in [0.717, 1.165) is 12.1 Å². The van der Waals surface area contributed by atoms with Gasteiger partial charge in [-0.05, 0) is 25.5 Å². The van der Waals surface area contributed by atoms with E-state index in [1.807, 2.05) is 0 Å². The number of nitrogens with one attached hydrogen (secondary N) is 2. The molecule has 1 unspecified atom stereocenters. The van der Waals surface area contributed by atoms with Gasteiger partial charge in [-0.1, -0.05) is 13.3 Å². The molecule has 0 fully saturated rings. The molecule has 5 nitrogen and oxygen atoms in total. The van der Waals surface area contributed by atoms with Gasteiger partial charge in [-0.25, -0.2) is 18.4 Å². The molecule has 1 aromatic carbocycles. The number of carboxylic acid groups (broad SMARTS) is 1. The van der Waals surface area contributed by atoms with Crippen LogP contribution in [0.4, 0.5) is 19.3 Å². The third kappa shape index (κ3) is 4.18. The third-order valence-corrected chi connectivity index (χ3v) is 2.73. The molecule has 0 saturated carbocycles. The van der Waals surface area contributed by atoms with Crippen LogP contribution in [0.25, 0.3) is 0 Å². The van der Waals surface area contributed by atoms with Gasteiger partial charge in [0.25, 0.3) is 0 Å². The van der Waals surface area contributed by atoms with E-state index in [0.29, 0.717) is 12.5 Å². The number of carboxylic acids is 1. The van der Waals surface area contributed by atoms with Crippen molar-refractivity contribution in [2.75, 3.05) is 5.32 Å². The number of carbonyl (C=O) groups excluding carboxylic acids is 1. The molecule has 20 heavy (non-hydrogen) atoms. The largest absolute Gasteiger partial charge is 0.480 e. The summed E-state index contributed by atoms with van der Waals surface area (Å²) in [7, 11) is 0. The number of aliphatic carboxylic acids is 1. The van der Waals surface area contributed by atoms with Gasteiger partial charge in [0.05, 0.1) is 0 Å². The maximum atomic E-state index is 13.0. The average molecular weight is 286 g/mol. The fourth-order valence-corrected chi connectivity index (χ4v) is 1.76. The number of anilines is 1. The van der Waals surface area contributed by atoms with E-state index in [2.05, 4.69) is 10.6 Å². The Morgan fingerprint density at radius 3 is 2.25 bits per heavy atom. The second-order valence-corrected chi connectivity index (χ2v) is 4.62. The molecule has 1 atom stereocenters. The Morgan fingerprint density at radius 2 is 1.80 bits per heavy atom. The number of rotatable bonds is 5. The number of hydrogen-bond acceptors (Lipinski definition) is 2. The van der Waals surface area contributed by atoms with Crippen LogP contribution < -0.4 is 10.6 Å². The van der Waals surface area contributed by atoms with Crippen LogP contribution in [0.15, 0.2) is 18.2 Å². The summed E-state index contributed by atoms with van der Waals surface area (Å²) < 4.78 is 25.9. The number of benzene rings is 1. The molecule has 0 aromatic heterocycles. The van der Waals surface area contributed by atoms with Crippen LogP contribution >= 0.6 is 0 Å². The van der Waals surface area contributed by atoms with Crippen molar-refractivity contribution in [2.24, 2.45) is 0 Å². The van der Waals surface area contributed by atoms with Gasteiger partial charge in [0, 0.05) is 11.8 Å². The first kappa shape index (κ1) is 15.9. The minimum absolute atomic E-state index is 0.0933. The van der Waals surface area contributed by atoms with Crippen LogP contribution in [0, 0.1) is 11.6 Å². The zero-order valence-electron chi connectivity index (χ0n) is 11.2. The molecule has 0 aliphatic heterocycles. The highest BCUT2D eigenvalue weighted by Crippen LogP contribution is 2.15. The lowest BCUT2D eigenvalue weighted by atomic mass is 9.97. The first-order chi connectivity index (χ1) is 9.26. The second kappa shape index (κ2) is 6.31. The van der Waals surface area contributed by atoms with Gasteiger partial charge in [0.2, 0.25) is 0 Å². The summed E-state index contributed by atoms with van der Waals surface area (Å²) in [5.74, 6) is -2.86. The standard InChI is InChI=1S/C13H16F2N2O3/c1-3-4-13(2,11(18)19)17-12(20)16-10-6-8(14)5-9(15)7-10/h5-7H,3-4H2,1-2H3,(H,18,19)(H2,16,17,20). The number of carbonyl (C=O) groups is 2. The molecule has 1 rings (SSSR count). The summed E-state index contributed by atoms with van der Waals surface area (Å²) in [4.78, 5) is 22.8. The highest BCUT2D eigenvalue weighted by molar-refractivity contribution is 5.93. The average Bonchev–Trinajstić information content (AvgIpc) is 2.26. The van der Waals surface area contributed by atoms with Gasteiger partial charge in [-0.3, -0.25) is 0 Å². The predicted molar refractivity (Wildman–Crippen MR) is 69.5 cm³/mol. The Bertz CT molecular complexity index is 502. The SMILES string of the molecule is CCCC(C)(NC(=O)Nc1cc(F)cc(F)c1)C(=O)O. The topological polar surface area (TPSA) is 78.4 Å². The monoisotopic (exact) mass is 286 g/mol. The van der Waals surface area contributed by atoms with E-state index in [1.54, 1.807) is 6.92 Å². The fraction of sp³-hybridized carbons (Fsp3) is 0.385. The summed E-state index contributed by atoms with van der Waals surface area (Å²) >= 11 is 0. The zero-order valence-corrected chi connectivity index (χ0v) is 11.2. The van der Waals surface area contributed by atoms with Crippen LogP contribution in [0.5, 0.6) is 0 Å². The lowest BCUT2D eigenvalue weighted by Gasteiger charge is -2.25. The van der Waals surface area contributed by atoms with Crippen LogP contribution in [0.2, 0.25) is 0 Å². The Morgan fingerprint density at radius 1 is 1.25 bits per heavy atom. The molecule has 0 aliphatic rings. The minimum Gasteiger partial charge on any atom is -0.480 e. The second-order valence-electron chi connectivity index (χ2n) is 4.62. The molecule has 0 spiro atoms. The van der Waals surface area contributed by atoms with E-state index in [9.17, 15) is 18.4 Å². The normalized spacial score (nSPS) is 13.4. The van der Waals surface area contributed by atoms with Crippen molar-refractivity contribution >= 4 is 17.7 Å². The number of amides is 2. The lowest BCUT2D eigenvalue weighted by Crippen LogP contribution is -2.53. The molecule has 0 radical (unpaired) electrons. The highest BCUT2D eigenvalue weighted by Gasteiger charge is 2.33. The van der Waals surface area contributed by atoms with Crippen molar-refractivity contribution in [3.8, 4) is 0 Å². The van der Waals surface area contributed by atoms with E-state index in [-0.39, 0.29) is 12.1 Å². The predicted octanol–water partition coefficient (Wildman–Crippen LogP) is 2.73. The third-order valence-electron chi connectivity index (χ3n) is 2.73. The molecule has 1 aromatic rings. The summed E-state index contributed by atoms with van der Waals surface area (Å²) in [6, 6.07) is 1.69. The van der Waals surface area contributed by atoms with Crippen LogP contribution in [-0.2, 0) is 4.79 Å². The van der Waals surface area contributed by atoms with Gasteiger partial charge in [-0.2, -0.15) is 0 Å². The summed E-state index contributed by atoms with van der Waals surface area (Å²) in [6.45, 7) is 3.15. The summed E-state index contributed by atoms with van der Waals surface area (Å²) in [5, 5.41) is 13.6. The molecule has 7 heteroatoms. The van der Waals surface area contributed by atoms with Crippen LogP contribution in [0.3, 0.4) is 0 Å². The van der Waals surface area contributed by atoms with Gasteiger partial charge in [-0.15, -0.1) is 0 Å². The first-order valence-corrected chi connectivity index (χ1v) is 6.05. The molecule has 2 amide bonds. The van der Waals surface area contributed by atoms with E-state index >= 15 is 0 Å². The van der Waals surface area contributed by atoms with Gasteiger partial charge < -0.3 is 15.7 Å². The molecule has 0 heterocycles. The molecule has 110 valence electrons. The molecule has 0 aliphatic carbocycles. The van der Waals surface area contributed by atoms with Crippen molar-refractivity contribution in [3.05, 3.63) is 29.8 Å². The maximum Gasteiger partial charge on any atom is 0.329 e. The lowest BCUT2D eigenvalue weighted by molar-refractivity contribution is -0.143. The van der Waals surface area contributed by atoms with Crippen LogP contribution in [-0.4, -0.2) is 22.6 Å². The molecule has 3 N–H and O–H groups in total. The Balaban J connectivity index is 2.78. The highest BCUT2D eigenvalue weighted by atomic mass is 19.1. The van der Waals surface area contributed by atoms with Crippen molar-refractivity contribution in [1.82, 2.24) is 5.32 Å². The molecule has 0 bridgehead atoms. The van der Waals surface area contributed by atoms with E-state index in [1.165, 1.54) is 6.92 Å². The van der Waals surface area contributed by atoms with Gasteiger partial charge in [0.15, 0.2) is 0 Å². The van der Waals surface area contributed by atoms with E-state index in [4.69, 9.17) is 5.11 Å². The van der Waals surface area contributed by atoms with Crippen molar-refractivity contribution < 1.29 is 23.5 Å². The van der Waals surface area contributed by atoms with Gasteiger partial charge in [0.1, 0.15) is 17.2 Å². The minimum atomic E-state index is -1.44. The Kier molecular flexibility index (Phi) is 5.01. The van der Waals surface area contributed by atoms with Crippen LogP contribution in [0.1, 0.15) is 26.7 Å². The van der Waals surface area contributed by atoms with E-state index < -0.39 is 29.2 Å². The van der Waals surface area contributed by atoms with Crippen molar-refractivity contribution in [1.29, 1.82) is 0 Å². The fourth-order valence-electron chi connectivity index (χ4n) is 1.76. The van der Waals surface area contributed by atoms with Crippen molar-refractivity contribution in [3.63, 3.8) is 0 Å². The Labute approximate surface area is 115 Å². The Hall–Kier alpha value is -2.18. The maximum absolute atomic E-state index is 13.0. The molecule has 0 saturated heterocycles. The summed E-state index contributed by atoms with van der Waals surface area (Å²) in [5.41, 5.74) is -1.53. The first-order valence-electron chi connectivity index (χ1n) is 6.05. The summed E-state index contributed by atoms with van der Waals surface area (Å²) in [6.07, 6.45) is 0.783. The molecular weight excluding hydrogens is 270 g/mol. The van der Waals surface area contributed by atoms with Crippen molar-refractivity contribution in [2.45, 2.75) is 32.2 Å². The number of hydrogen-bond donors (Lipinski definition) is 3. The zero-order chi connectivity index (χ0) is 15.3. The molecular formula is C13H16F2N2O3.